The van der Waals surface area contributed by atoms with E-state index in [4.69, 9.17) is 0 Å². The van der Waals surface area contributed by atoms with E-state index in [1.165, 1.54) is 4.52 Å². The number of aryl methyl sites for hydroxylation is 1. The number of aromatic nitrogens is 4. The van der Waals surface area contributed by atoms with Crippen molar-refractivity contribution in [3.8, 4) is 0 Å². The first-order valence-electron chi connectivity index (χ1n) is 7.76. The molecule has 3 rings (SSSR count). The molecule has 2 N–H and O–H groups in total. The Kier molecular flexibility index (Phi) is 4.25. The van der Waals surface area contributed by atoms with Gasteiger partial charge < -0.3 is 5.32 Å². The number of nitrogens with zero attached hydrogens (tertiary/aromatic N) is 3. The van der Waals surface area contributed by atoms with Crippen LogP contribution in [0, 0.1) is 12.8 Å². The summed E-state index contributed by atoms with van der Waals surface area (Å²) >= 11 is 0. The normalized spacial score (nSPS) is 12.9. The Morgan fingerprint density at radius 2 is 2.17 bits per heavy atom. The van der Waals surface area contributed by atoms with Gasteiger partial charge >= 0.3 is 0 Å². The second-order valence-electron chi connectivity index (χ2n) is 6.12. The van der Waals surface area contributed by atoms with E-state index >= 15 is 0 Å². The molecule has 0 fully saturated rings. The molecule has 23 heavy (non-hydrogen) atoms. The summed E-state index contributed by atoms with van der Waals surface area (Å²) in [6.07, 6.45) is 3.60. The Morgan fingerprint density at radius 1 is 1.35 bits per heavy atom. The van der Waals surface area contributed by atoms with Crippen LogP contribution in [0.1, 0.15) is 36.8 Å². The van der Waals surface area contributed by atoms with Gasteiger partial charge in [0.25, 0.3) is 5.56 Å². The van der Waals surface area contributed by atoms with Crippen molar-refractivity contribution in [3.63, 3.8) is 0 Å². The molecule has 0 saturated carbocycles. The van der Waals surface area contributed by atoms with Crippen molar-refractivity contribution in [2.24, 2.45) is 5.92 Å². The van der Waals surface area contributed by atoms with Crippen LogP contribution in [0.3, 0.4) is 0 Å². The highest BCUT2D eigenvalue weighted by atomic mass is 16.1. The molecule has 1 atom stereocenters. The number of fused-ring (bicyclic) bond motifs is 1. The zero-order chi connectivity index (χ0) is 16.4. The predicted octanol–water partition coefficient (Wildman–Crippen LogP) is 2.21. The third kappa shape index (κ3) is 3.32. The Labute approximate surface area is 134 Å². The summed E-state index contributed by atoms with van der Waals surface area (Å²) in [6, 6.07) is 7.43. The molecule has 0 bridgehead atoms. The predicted molar refractivity (Wildman–Crippen MR) is 89.2 cm³/mol. The zero-order valence-corrected chi connectivity index (χ0v) is 13.6. The van der Waals surface area contributed by atoms with Crippen molar-refractivity contribution in [1.82, 2.24) is 24.9 Å². The fraction of sp³-hybridized carbons (Fsp3) is 0.353. The van der Waals surface area contributed by atoms with Crippen molar-refractivity contribution in [2.75, 3.05) is 0 Å². The van der Waals surface area contributed by atoms with Gasteiger partial charge in [0.1, 0.15) is 0 Å². The lowest BCUT2D eigenvalue weighted by Gasteiger charge is -2.22. The second-order valence-corrected chi connectivity index (χ2v) is 6.12. The molecule has 1 unspecified atom stereocenters. The van der Waals surface area contributed by atoms with Gasteiger partial charge in [-0.3, -0.25) is 14.9 Å². The summed E-state index contributed by atoms with van der Waals surface area (Å²) in [6.45, 7) is 6.83. The van der Waals surface area contributed by atoms with Crippen molar-refractivity contribution < 1.29 is 0 Å². The summed E-state index contributed by atoms with van der Waals surface area (Å²) in [7, 11) is 0. The third-order valence-electron chi connectivity index (χ3n) is 3.83. The van der Waals surface area contributed by atoms with Gasteiger partial charge in [-0.2, -0.15) is 0 Å². The highest BCUT2D eigenvalue weighted by Gasteiger charge is 2.18. The van der Waals surface area contributed by atoms with Crippen LogP contribution in [0.25, 0.3) is 5.65 Å². The third-order valence-corrected chi connectivity index (χ3v) is 3.83. The van der Waals surface area contributed by atoms with Crippen LogP contribution in [0.2, 0.25) is 0 Å². The molecular formula is C17H21N5O. The molecule has 3 aromatic rings. The molecule has 0 amide bonds. The van der Waals surface area contributed by atoms with Crippen molar-refractivity contribution >= 4 is 5.65 Å². The average molecular weight is 311 g/mol. The largest absolute Gasteiger partial charge is 0.304 e. The van der Waals surface area contributed by atoms with Crippen molar-refractivity contribution in [2.45, 2.75) is 33.4 Å². The van der Waals surface area contributed by atoms with E-state index in [9.17, 15) is 4.79 Å². The molecule has 0 aliphatic rings. The molecule has 0 aliphatic heterocycles. The maximum absolute atomic E-state index is 12.3. The van der Waals surface area contributed by atoms with E-state index in [0.717, 1.165) is 17.0 Å². The summed E-state index contributed by atoms with van der Waals surface area (Å²) in [5.74, 6) is 0.307. The smallest absolute Gasteiger partial charge is 0.272 e. The van der Waals surface area contributed by atoms with E-state index in [2.05, 4.69) is 34.2 Å². The van der Waals surface area contributed by atoms with Gasteiger partial charge in [-0.05, 0) is 24.5 Å². The minimum absolute atomic E-state index is 0.00288. The first kappa shape index (κ1) is 15.4. The maximum Gasteiger partial charge on any atom is 0.272 e. The highest BCUT2D eigenvalue weighted by molar-refractivity contribution is 5.39. The number of hydrogen-bond donors (Lipinski definition) is 2. The molecule has 0 radical (unpaired) electrons. The highest BCUT2D eigenvalue weighted by Crippen LogP contribution is 2.20. The Hall–Kier alpha value is -2.47. The lowest BCUT2D eigenvalue weighted by molar-refractivity contribution is 0.401. The maximum atomic E-state index is 12.3. The summed E-state index contributed by atoms with van der Waals surface area (Å²) in [5, 5.41) is 6.48. The lowest BCUT2D eigenvalue weighted by atomic mass is 10.0. The van der Waals surface area contributed by atoms with Gasteiger partial charge in [-0.25, -0.2) is 9.50 Å². The molecule has 6 nitrogen and oxygen atoms in total. The first-order valence-corrected chi connectivity index (χ1v) is 7.76. The molecule has 120 valence electrons. The molecular weight excluding hydrogens is 290 g/mol. The van der Waals surface area contributed by atoms with E-state index in [1.54, 1.807) is 12.3 Å². The Morgan fingerprint density at radius 3 is 2.87 bits per heavy atom. The Bertz CT molecular complexity index is 850. The topological polar surface area (TPSA) is 75.1 Å². The van der Waals surface area contributed by atoms with Crippen LogP contribution in [0.4, 0.5) is 0 Å². The van der Waals surface area contributed by atoms with E-state index in [0.29, 0.717) is 18.1 Å². The SMILES string of the molecule is Cc1cc2nc(C(NCc3cccnc3)C(C)C)cc(=O)n2[nH]1. The molecule has 3 aromatic heterocycles. The Balaban J connectivity index is 1.90. The fourth-order valence-corrected chi connectivity index (χ4v) is 2.70. The molecule has 0 aliphatic carbocycles. The van der Waals surface area contributed by atoms with Crippen LogP contribution in [-0.4, -0.2) is 19.6 Å². The number of nitrogens with one attached hydrogen (secondary N) is 2. The van der Waals surface area contributed by atoms with Crippen LogP contribution in [-0.2, 0) is 6.54 Å². The average Bonchev–Trinajstić information content (AvgIpc) is 2.89. The van der Waals surface area contributed by atoms with E-state index < -0.39 is 0 Å². The monoisotopic (exact) mass is 311 g/mol. The van der Waals surface area contributed by atoms with Crippen LogP contribution >= 0.6 is 0 Å². The number of hydrogen-bond acceptors (Lipinski definition) is 4. The van der Waals surface area contributed by atoms with Gasteiger partial charge in [-0.1, -0.05) is 19.9 Å². The van der Waals surface area contributed by atoms with Crippen LogP contribution in [0.5, 0.6) is 0 Å². The quantitative estimate of drug-likeness (QED) is 0.757. The fourth-order valence-electron chi connectivity index (χ4n) is 2.70. The first-order chi connectivity index (χ1) is 11.0. The standard InChI is InChI=1S/C17H21N5O/c1-11(2)17(19-10-13-5-4-6-18-9-13)14-8-16(23)22-15(20-14)7-12(3)21-22/h4-9,11,17,19,21H,10H2,1-3H3. The van der Waals surface area contributed by atoms with Crippen LogP contribution < -0.4 is 10.9 Å². The van der Waals surface area contributed by atoms with Gasteiger partial charge in [0, 0.05) is 36.8 Å². The number of H-pyrrole nitrogens is 1. The van der Waals surface area contributed by atoms with Gasteiger partial charge in [-0.15, -0.1) is 0 Å². The molecule has 0 saturated heterocycles. The van der Waals surface area contributed by atoms with E-state index in [-0.39, 0.29) is 11.6 Å². The summed E-state index contributed by atoms with van der Waals surface area (Å²) in [4.78, 5) is 21.0. The van der Waals surface area contributed by atoms with Crippen molar-refractivity contribution in [1.29, 1.82) is 0 Å². The summed E-state index contributed by atoms with van der Waals surface area (Å²) in [5.41, 5.74) is 3.35. The number of aromatic amines is 1. The van der Waals surface area contributed by atoms with Crippen molar-refractivity contribution in [3.05, 3.63) is 64.0 Å². The minimum Gasteiger partial charge on any atom is -0.304 e. The van der Waals surface area contributed by atoms with E-state index in [1.807, 2.05) is 31.3 Å². The number of rotatable bonds is 5. The number of pyridine rings is 1. The zero-order valence-electron chi connectivity index (χ0n) is 13.6. The lowest BCUT2D eigenvalue weighted by Crippen LogP contribution is -2.28. The molecule has 6 heteroatoms. The molecule has 3 heterocycles. The van der Waals surface area contributed by atoms with Gasteiger partial charge in [0.15, 0.2) is 5.65 Å². The van der Waals surface area contributed by atoms with Gasteiger partial charge in [0.2, 0.25) is 0 Å². The molecule has 0 spiro atoms. The van der Waals surface area contributed by atoms with Crippen LogP contribution in [0.15, 0.2) is 41.5 Å². The second kappa shape index (κ2) is 6.34. The molecule has 0 aromatic carbocycles. The minimum atomic E-state index is -0.0908. The summed E-state index contributed by atoms with van der Waals surface area (Å²) < 4.78 is 1.47. The van der Waals surface area contributed by atoms with Gasteiger partial charge in [0.05, 0.1) is 11.7 Å².